The van der Waals surface area contributed by atoms with Crippen molar-refractivity contribution in [1.29, 1.82) is 0 Å². The van der Waals surface area contributed by atoms with Crippen LogP contribution in [0.15, 0.2) is 35.7 Å². The number of thiophene rings is 1. The van der Waals surface area contributed by atoms with Crippen LogP contribution < -0.4 is 10.6 Å². The van der Waals surface area contributed by atoms with Crippen molar-refractivity contribution in [3.63, 3.8) is 0 Å². The number of hydrogen-bond donors (Lipinski definition) is 2. The van der Waals surface area contributed by atoms with Crippen molar-refractivity contribution in [2.45, 2.75) is 26.8 Å². The molecule has 1 atom stereocenters. The third-order valence-electron chi connectivity index (χ3n) is 2.80. The van der Waals surface area contributed by atoms with E-state index >= 15 is 0 Å². The van der Waals surface area contributed by atoms with Crippen molar-refractivity contribution in [2.75, 3.05) is 5.32 Å². The van der Waals surface area contributed by atoms with Crippen LogP contribution in [-0.2, 0) is 0 Å². The lowest BCUT2D eigenvalue weighted by Crippen LogP contribution is -2.30. The van der Waals surface area contributed by atoms with Gasteiger partial charge in [0.1, 0.15) is 0 Å². The number of nitrogens with one attached hydrogen (secondary N) is 2. The fourth-order valence-electron chi connectivity index (χ4n) is 2.02. The quantitative estimate of drug-likeness (QED) is 0.863. The van der Waals surface area contributed by atoms with Crippen LogP contribution >= 0.6 is 11.3 Å². The Kier molecular flexibility index (Phi) is 4.22. The van der Waals surface area contributed by atoms with Crippen LogP contribution in [0.2, 0.25) is 0 Å². The minimum Gasteiger partial charge on any atom is -0.331 e. The third-order valence-corrected chi connectivity index (χ3v) is 3.85. The summed E-state index contributed by atoms with van der Waals surface area (Å²) in [6, 6.07) is 9.85. The van der Waals surface area contributed by atoms with E-state index < -0.39 is 0 Å². The molecule has 2 rings (SSSR count). The topological polar surface area (TPSA) is 41.1 Å². The number of carbonyl (C=O) groups is 1. The van der Waals surface area contributed by atoms with Gasteiger partial charge in [0.15, 0.2) is 0 Å². The molecule has 0 aliphatic rings. The molecule has 0 saturated heterocycles. The number of amides is 2. The smallest absolute Gasteiger partial charge is 0.319 e. The lowest BCUT2D eigenvalue weighted by molar-refractivity contribution is 0.249. The molecule has 2 amide bonds. The zero-order valence-corrected chi connectivity index (χ0v) is 12.2. The predicted molar refractivity (Wildman–Crippen MR) is 80.8 cm³/mol. The molecule has 0 fully saturated rings. The average Bonchev–Trinajstić information content (AvgIpc) is 2.80. The fourth-order valence-corrected chi connectivity index (χ4v) is 2.75. The molecule has 2 N–H and O–H groups in total. The molecule has 1 unspecified atom stereocenters. The van der Waals surface area contributed by atoms with Crippen LogP contribution in [0.5, 0.6) is 0 Å². The summed E-state index contributed by atoms with van der Waals surface area (Å²) in [5.74, 6) is 0. The molecule has 0 aliphatic carbocycles. The van der Waals surface area contributed by atoms with Gasteiger partial charge in [0, 0.05) is 10.6 Å². The maximum Gasteiger partial charge on any atom is 0.319 e. The van der Waals surface area contributed by atoms with Crippen molar-refractivity contribution in [2.24, 2.45) is 0 Å². The van der Waals surface area contributed by atoms with E-state index in [1.165, 1.54) is 0 Å². The molecule has 0 radical (unpaired) electrons. The largest absolute Gasteiger partial charge is 0.331 e. The Balaban J connectivity index is 1.97. The number of rotatable bonds is 3. The van der Waals surface area contributed by atoms with Crippen LogP contribution in [0.25, 0.3) is 0 Å². The summed E-state index contributed by atoms with van der Waals surface area (Å²) < 4.78 is 0. The molecule has 3 nitrogen and oxygen atoms in total. The molecule has 0 spiro atoms. The second-order valence-corrected chi connectivity index (χ2v) is 5.69. The molecule has 0 aliphatic heterocycles. The normalized spacial score (nSPS) is 11.9. The molecule has 0 bridgehead atoms. The van der Waals surface area contributed by atoms with Crippen LogP contribution in [0, 0.1) is 13.8 Å². The first kappa shape index (κ1) is 13.6. The van der Waals surface area contributed by atoms with Crippen molar-refractivity contribution < 1.29 is 4.79 Å². The molecule has 2 aromatic rings. The highest BCUT2D eigenvalue weighted by molar-refractivity contribution is 7.10. The number of benzene rings is 1. The van der Waals surface area contributed by atoms with E-state index in [-0.39, 0.29) is 12.1 Å². The molecule has 0 saturated carbocycles. The molecular weight excluding hydrogens is 256 g/mol. The van der Waals surface area contributed by atoms with E-state index in [2.05, 4.69) is 16.7 Å². The van der Waals surface area contributed by atoms with Gasteiger partial charge in [-0.25, -0.2) is 4.79 Å². The standard InChI is InChI=1S/C15H18N2OS/c1-10-7-11(2)9-13(8-10)17-15(18)16-12(3)14-5-4-6-19-14/h4-9,12H,1-3H3,(H2,16,17,18). The van der Waals surface area contributed by atoms with Gasteiger partial charge in [0.2, 0.25) is 0 Å². The highest BCUT2D eigenvalue weighted by Crippen LogP contribution is 2.18. The summed E-state index contributed by atoms with van der Waals surface area (Å²) in [6.45, 7) is 6.02. The summed E-state index contributed by atoms with van der Waals surface area (Å²) in [7, 11) is 0. The van der Waals surface area contributed by atoms with E-state index in [4.69, 9.17) is 0 Å². The summed E-state index contributed by atoms with van der Waals surface area (Å²) in [5.41, 5.74) is 3.11. The highest BCUT2D eigenvalue weighted by Gasteiger charge is 2.10. The monoisotopic (exact) mass is 274 g/mol. The van der Waals surface area contributed by atoms with Crippen molar-refractivity contribution in [3.8, 4) is 0 Å². The summed E-state index contributed by atoms with van der Waals surface area (Å²) in [6.07, 6.45) is 0. The summed E-state index contributed by atoms with van der Waals surface area (Å²) in [5, 5.41) is 7.81. The summed E-state index contributed by atoms with van der Waals surface area (Å²) in [4.78, 5) is 13.1. The van der Waals surface area contributed by atoms with E-state index in [1.54, 1.807) is 11.3 Å². The van der Waals surface area contributed by atoms with Gasteiger partial charge >= 0.3 is 6.03 Å². The number of urea groups is 1. The minimum absolute atomic E-state index is 0.0194. The van der Waals surface area contributed by atoms with Crippen LogP contribution in [-0.4, -0.2) is 6.03 Å². The Bertz CT molecular complexity index is 543. The van der Waals surface area contributed by atoms with Gasteiger partial charge in [-0.2, -0.15) is 0 Å². The van der Waals surface area contributed by atoms with Crippen molar-refractivity contribution in [3.05, 3.63) is 51.7 Å². The molecule has 1 aromatic heterocycles. The van der Waals surface area contributed by atoms with Crippen molar-refractivity contribution >= 4 is 23.1 Å². The van der Waals surface area contributed by atoms with E-state index in [0.717, 1.165) is 21.7 Å². The predicted octanol–water partition coefficient (Wildman–Crippen LogP) is 4.25. The molecule has 4 heteroatoms. The van der Waals surface area contributed by atoms with Gasteiger partial charge in [-0.3, -0.25) is 0 Å². The Morgan fingerprint density at radius 2 is 1.89 bits per heavy atom. The van der Waals surface area contributed by atoms with E-state index in [1.807, 2.05) is 50.4 Å². The van der Waals surface area contributed by atoms with Gasteiger partial charge in [0.05, 0.1) is 6.04 Å². The first-order valence-corrected chi connectivity index (χ1v) is 7.12. The Labute approximate surface area is 117 Å². The van der Waals surface area contributed by atoms with Crippen LogP contribution in [0.3, 0.4) is 0 Å². The van der Waals surface area contributed by atoms with E-state index in [9.17, 15) is 4.79 Å². The zero-order valence-electron chi connectivity index (χ0n) is 11.4. The van der Waals surface area contributed by atoms with Gasteiger partial charge in [-0.05, 0) is 55.5 Å². The van der Waals surface area contributed by atoms with Crippen molar-refractivity contribution in [1.82, 2.24) is 5.32 Å². The lowest BCUT2D eigenvalue weighted by Gasteiger charge is -2.14. The Morgan fingerprint density at radius 1 is 1.21 bits per heavy atom. The first-order valence-electron chi connectivity index (χ1n) is 6.24. The second kappa shape index (κ2) is 5.89. The number of carbonyl (C=O) groups excluding carboxylic acids is 1. The Morgan fingerprint density at radius 3 is 2.47 bits per heavy atom. The summed E-state index contributed by atoms with van der Waals surface area (Å²) >= 11 is 1.64. The number of anilines is 1. The maximum absolute atomic E-state index is 11.9. The molecule has 1 heterocycles. The SMILES string of the molecule is Cc1cc(C)cc(NC(=O)NC(C)c2cccs2)c1. The second-order valence-electron chi connectivity index (χ2n) is 4.71. The molecule has 19 heavy (non-hydrogen) atoms. The van der Waals surface area contributed by atoms with Gasteiger partial charge in [0.25, 0.3) is 0 Å². The fraction of sp³-hybridized carbons (Fsp3) is 0.267. The zero-order chi connectivity index (χ0) is 13.8. The van der Waals surface area contributed by atoms with Gasteiger partial charge in [-0.15, -0.1) is 11.3 Å². The lowest BCUT2D eigenvalue weighted by atomic mass is 10.1. The molecule has 1 aromatic carbocycles. The molecule has 100 valence electrons. The van der Waals surface area contributed by atoms with Crippen LogP contribution in [0.1, 0.15) is 29.0 Å². The van der Waals surface area contributed by atoms with E-state index in [0.29, 0.717) is 0 Å². The number of hydrogen-bond acceptors (Lipinski definition) is 2. The first-order chi connectivity index (χ1) is 9.04. The third kappa shape index (κ3) is 3.83. The number of aryl methyl sites for hydroxylation is 2. The minimum atomic E-state index is -0.175. The maximum atomic E-state index is 11.9. The highest BCUT2D eigenvalue weighted by atomic mass is 32.1. The van der Waals surface area contributed by atoms with Crippen LogP contribution in [0.4, 0.5) is 10.5 Å². The Hall–Kier alpha value is -1.81. The molecular formula is C15H18N2OS. The average molecular weight is 274 g/mol. The van der Waals surface area contributed by atoms with Gasteiger partial charge in [-0.1, -0.05) is 12.1 Å². The van der Waals surface area contributed by atoms with Gasteiger partial charge < -0.3 is 10.6 Å².